The van der Waals surface area contributed by atoms with Gasteiger partial charge < -0.3 is 20.5 Å². The summed E-state index contributed by atoms with van der Waals surface area (Å²) in [7, 11) is 1.61. The molecule has 0 aromatic carbocycles. The molecule has 0 spiro atoms. The molecular formula is C15H30N2O3. The minimum atomic E-state index is -0.635. The number of rotatable bonds is 8. The van der Waals surface area contributed by atoms with Crippen LogP contribution in [0.3, 0.4) is 0 Å². The number of ether oxygens (including phenoxy) is 1. The van der Waals surface area contributed by atoms with E-state index in [1.807, 2.05) is 6.92 Å². The second-order valence-electron chi connectivity index (χ2n) is 6.10. The largest absolute Gasteiger partial charge is 0.389 e. The molecule has 0 aromatic rings. The Labute approximate surface area is 122 Å². The molecule has 1 rings (SSSR count). The van der Waals surface area contributed by atoms with Gasteiger partial charge >= 0.3 is 0 Å². The number of amides is 1. The molecule has 118 valence electrons. The number of hydrogen-bond acceptors (Lipinski definition) is 4. The molecule has 5 nitrogen and oxygen atoms in total. The van der Waals surface area contributed by atoms with Crippen molar-refractivity contribution in [1.29, 1.82) is 0 Å². The van der Waals surface area contributed by atoms with Gasteiger partial charge in [0, 0.05) is 19.7 Å². The van der Waals surface area contributed by atoms with Crippen LogP contribution in [0.2, 0.25) is 0 Å². The highest BCUT2D eigenvalue weighted by atomic mass is 16.5. The van der Waals surface area contributed by atoms with Crippen molar-refractivity contribution in [3.05, 3.63) is 0 Å². The lowest BCUT2D eigenvalue weighted by Crippen LogP contribution is -2.47. The van der Waals surface area contributed by atoms with Crippen molar-refractivity contribution in [1.82, 2.24) is 10.6 Å². The number of aliphatic hydroxyl groups is 1. The second kappa shape index (κ2) is 8.60. The number of nitrogens with one attached hydrogen (secondary N) is 2. The summed E-state index contributed by atoms with van der Waals surface area (Å²) in [5, 5.41) is 16.4. The van der Waals surface area contributed by atoms with Crippen molar-refractivity contribution >= 4 is 5.91 Å². The van der Waals surface area contributed by atoms with Crippen LogP contribution in [0.1, 0.15) is 46.0 Å². The summed E-state index contributed by atoms with van der Waals surface area (Å²) >= 11 is 0. The lowest BCUT2D eigenvalue weighted by atomic mass is 9.78. The molecule has 0 aliphatic heterocycles. The van der Waals surface area contributed by atoms with E-state index < -0.39 is 5.60 Å². The van der Waals surface area contributed by atoms with E-state index in [4.69, 9.17) is 4.74 Å². The predicted octanol–water partition coefficient (Wildman–Crippen LogP) is 1.06. The van der Waals surface area contributed by atoms with E-state index in [1.165, 1.54) is 6.42 Å². The first kappa shape index (κ1) is 17.4. The molecule has 0 saturated heterocycles. The van der Waals surface area contributed by atoms with Gasteiger partial charge in [-0.25, -0.2) is 0 Å². The Morgan fingerprint density at radius 2 is 2.10 bits per heavy atom. The average Bonchev–Trinajstić information content (AvgIpc) is 2.39. The fourth-order valence-corrected chi connectivity index (χ4v) is 2.83. The highest BCUT2D eigenvalue weighted by Crippen LogP contribution is 2.33. The summed E-state index contributed by atoms with van der Waals surface area (Å²) in [4.78, 5) is 11.7. The number of carbonyl (C=O) groups excluding carboxylic acids is 1. The summed E-state index contributed by atoms with van der Waals surface area (Å²) in [6.07, 6.45) is 5.04. The summed E-state index contributed by atoms with van der Waals surface area (Å²) in [6.45, 7) is 5.36. The second-order valence-corrected chi connectivity index (χ2v) is 6.10. The third-order valence-electron chi connectivity index (χ3n) is 4.18. The van der Waals surface area contributed by atoms with Gasteiger partial charge in [0.1, 0.15) is 0 Å². The Morgan fingerprint density at radius 3 is 2.65 bits per heavy atom. The van der Waals surface area contributed by atoms with Crippen molar-refractivity contribution in [2.45, 2.75) is 57.6 Å². The van der Waals surface area contributed by atoms with Gasteiger partial charge in [0.25, 0.3) is 0 Å². The zero-order valence-corrected chi connectivity index (χ0v) is 13.1. The third kappa shape index (κ3) is 6.20. The fraction of sp³-hybridized carbons (Fsp3) is 0.933. The molecule has 0 heterocycles. The molecule has 5 heteroatoms. The molecule has 1 aliphatic rings. The van der Waals surface area contributed by atoms with Crippen LogP contribution in [0.15, 0.2) is 0 Å². The lowest BCUT2D eigenvalue weighted by Gasteiger charge is -2.36. The van der Waals surface area contributed by atoms with E-state index in [2.05, 4.69) is 17.6 Å². The number of hydrogen-bond donors (Lipinski definition) is 3. The molecule has 1 amide bonds. The first-order valence-electron chi connectivity index (χ1n) is 7.70. The van der Waals surface area contributed by atoms with E-state index in [0.717, 1.165) is 31.6 Å². The first-order valence-corrected chi connectivity index (χ1v) is 7.70. The van der Waals surface area contributed by atoms with Crippen molar-refractivity contribution in [2.24, 2.45) is 5.92 Å². The molecular weight excluding hydrogens is 256 g/mol. The molecule has 1 saturated carbocycles. The molecule has 20 heavy (non-hydrogen) atoms. The van der Waals surface area contributed by atoms with Crippen molar-refractivity contribution < 1.29 is 14.6 Å². The number of methoxy groups -OCH3 is 1. The van der Waals surface area contributed by atoms with Gasteiger partial charge in [-0.3, -0.25) is 4.79 Å². The SMILES string of the molecule is CCC1CCC(O)(CNCC(=O)NC(C)COC)CC1. The van der Waals surface area contributed by atoms with Crippen LogP contribution in [-0.4, -0.2) is 49.5 Å². The van der Waals surface area contributed by atoms with Crippen LogP contribution in [0.5, 0.6) is 0 Å². The van der Waals surface area contributed by atoms with E-state index in [1.54, 1.807) is 7.11 Å². The molecule has 0 aromatic heterocycles. The van der Waals surface area contributed by atoms with Crippen molar-refractivity contribution in [3.8, 4) is 0 Å². The van der Waals surface area contributed by atoms with E-state index in [0.29, 0.717) is 13.2 Å². The Balaban J connectivity index is 2.18. The lowest BCUT2D eigenvalue weighted by molar-refractivity contribution is -0.121. The minimum Gasteiger partial charge on any atom is -0.389 e. The van der Waals surface area contributed by atoms with E-state index in [9.17, 15) is 9.90 Å². The molecule has 0 bridgehead atoms. The Hall–Kier alpha value is -0.650. The molecule has 0 radical (unpaired) electrons. The normalized spacial score (nSPS) is 28.1. The topological polar surface area (TPSA) is 70.6 Å². The maximum atomic E-state index is 11.7. The maximum Gasteiger partial charge on any atom is 0.234 e. The molecule has 1 atom stereocenters. The van der Waals surface area contributed by atoms with Gasteiger partial charge in [0.2, 0.25) is 5.91 Å². The average molecular weight is 286 g/mol. The molecule has 3 N–H and O–H groups in total. The third-order valence-corrected chi connectivity index (χ3v) is 4.18. The Kier molecular flexibility index (Phi) is 7.48. The van der Waals surface area contributed by atoms with Crippen molar-refractivity contribution in [3.63, 3.8) is 0 Å². The smallest absolute Gasteiger partial charge is 0.234 e. The summed E-state index contributed by atoms with van der Waals surface area (Å²) < 4.78 is 4.97. The van der Waals surface area contributed by atoms with E-state index >= 15 is 0 Å². The zero-order valence-electron chi connectivity index (χ0n) is 13.1. The summed E-state index contributed by atoms with van der Waals surface area (Å²) in [6, 6.07) is 0.0115. The van der Waals surface area contributed by atoms with Crippen LogP contribution in [-0.2, 0) is 9.53 Å². The maximum absolute atomic E-state index is 11.7. The van der Waals surface area contributed by atoms with Crippen LogP contribution >= 0.6 is 0 Å². The Morgan fingerprint density at radius 1 is 1.45 bits per heavy atom. The van der Waals surface area contributed by atoms with Gasteiger partial charge in [-0.2, -0.15) is 0 Å². The van der Waals surface area contributed by atoms with Crippen LogP contribution in [0.4, 0.5) is 0 Å². The molecule has 1 fully saturated rings. The van der Waals surface area contributed by atoms with Gasteiger partial charge in [0.15, 0.2) is 0 Å². The minimum absolute atomic E-state index is 0.0115. The van der Waals surface area contributed by atoms with Crippen LogP contribution in [0.25, 0.3) is 0 Å². The van der Waals surface area contributed by atoms with Crippen LogP contribution in [0, 0.1) is 5.92 Å². The highest BCUT2D eigenvalue weighted by Gasteiger charge is 2.32. The Bertz CT molecular complexity index is 289. The van der Waals surface area contributed by atoms with Gasteiger partial charge in [-0.05, 0) is 38.5 Å². The molecule has 1 aliphatic carbocycles. The highest BCUT2D eigenvalue weighted by molar-refractivity contribution is 5.78. The fourth-order valence-electron chi connectivity index (χ4n) is 2.83. The quantitative estimate of drug-likeness (QED) is 0.624. The van der Waals surface area contributed by atoms with Crippen molar-refractivity contribution in [2.75, 3.05) is 26.8 Å². The van der Waals surface area contributed by atoms with Crippen LogP contribution < -0.4 is 10.6 Å². The first-order chi connectivity index (χ1) is 9.49. The van der Waals surface area contributed by atoms with Gasteiger partial charge in [0.05, 0.1) is 18.8 Å². The number of carbonyl (C=O) groups is 1. The van der Waals surface area contributed by atoms with Gasteiger partial charge in [-0.1, -0.05) is 13.3 Å². The zero-order chi connectivity index (χ0) is 15.0. The van der Waals surface area contributed by atoms with Gasteiger partial charge in [-0.15, -0.1) is 0 Å². The molecule has 1 unspecified atom stereocenters. The monoisotopic (exact) mass is 286 g/mol. The summed E-state index contributed by atoms with van der Waals surface area (Å²) in [5.74, 6) is 0.703. The van der Waals surface area contributed by atoms with E-state index in [-0.39, 0.29) is 18.5 Å². The summed E-state index contributed by atoms with van der Waals surface area (Å²) in [5.41, 5.74) is -0.635. The standard InChI is InChI=1S/C15H30N2O3/c1-4-13-5-7-15(19,8-6-13)11-16-9-14(18)17-12(2)10-20-3/h12-13,16,19H,4-11H2,1-3H3,(H,17,18). The predicted molar refractivity (Wildman–Crippen MR) is 79.5 cm³/mol.